The zero-order valence-electron chi connectivity index (χ0n) is 11.7. The second-order valence-corrected chi connectivity index (χ2v) is 5.52. The fraction of sp³-hybridized carbons (Fsp3) is 0.857. The Morgan fingerprint density at radius 1 is 1.28 bits per heavy atom. The zero-order chi connectivity index (χ0) is 13.7. The van der Waals surface area contributed by atoms with E-state index in [2.05, 4.69) is 6.92 Å². The van der Waals surface area contributed by atoms with Crippen LogP contribution in [0.25, 0.3) is 0 Å². The van der Waals surface area contributed by atoms with Crippen LogP contribution in [0.3, 0.4) is 0 Å². The van der Waals surface area contributed by atoms with Crippen LogP contribution in [0.1, 0.15) is 52.9 Å². The molecular weight excluding hydrogens is 230 g/mol. The molecule has 0 aromatic rings. The standard InChI is InChI=1S/C14H25NO3/c1-4-9-15(11(3)16)13(14(17)18)12-7-5-10(2)6-8-12/h10,12-13H,4-9H2,1-3H3,(H,17,18). The Balaban J connectivity index is 2.80. The first kappa shape index (κ1) is 15.0. The molecule has 0 spiro atoms. The molecule has 1 N–H and O–H groups in total. The summed E-state index contributed by atoms with van der Waals surface area (Å²) in [4.78, 5) is 24.7. The summed E-state index contributed by atoms with van der Waals surface area (Å²) in [6, 6.07) is -0.630. The van der Waals surface area contributed by atoms with Crippen molar-refractivity contribution < 1.29 is 14.7 Å². The van der Waals surface area contributed by atoms with Gasteiger partial charge in [-0.25, -0.2) is 4.79 Å². The minimum absolute atomic E-state index is 0.120. The van der Waals surface area contributed by atoms with E-state index in [1.165, 1.54) is 6.92 Å². The fourth-order valence-corrected chi connectivity index (χ4v) is 2.92. The molecular formula is C14H25NO3. The summed E-state index contributed by atoms with van der Waals surface area (Å²) in [7, 11) is 0. The average molecular weight is 255 g/mol. The minimum Gasteiger partial charge on any atom is -0.480 e. The van der Waals surface area contributed by atoms with E-state index in [4.69, 9.17) is 0 Å². The summed E-state index contributed by atoms with van der Waals surface area (Å²) in [6.45, 7) is 6.19. The van der Waals surface area contributed by atoms with Gasteiger partial charge in [0.15, 0.2) is 0 Å². The van der Waals surface area contributed by atoms with Crippen molar-refractivity contribution in [2.75, 3.05) is 6.54 Å². The maximum absolute atomic E-state index is 11.6. The number of carboxylic acid groups (broad SMARTS) is 1. The summed E-state index contributed by atoms with van der Waals surface area (Å²) in [5.41, 5.74) is 0. The van der Waals surface area contributed by atoms with Crippen LogP contribution >= 0.6 is 0 Å². The van der Waals surface area contributed by atoms with E-state index in [1.807, 2.05) is 6.92 Å². The summed E-state index contributed by atoms with van der Waals surface area (Å²) in [6.07, 6.45) is 4.79. The maximum atomic E-state index is 11.6. The molecule has 1 aliphatic rings. The normalized spacial score (nSPS) is 25.5. The van der Waals surface area contributed by atoms with Crippen molar-refractivity contribution in [3.63, 3.8) is 0 Å². The van der Waals surface area contributed by atoms with Gasteiger partial charge in [-0.15, -0.1) is 0 Å². The van der Waals surface area contributed by atoms with E-state index < -0.39 is 12.0 Å². The third kappa shape index (κ3) is 3.72. The minimum atomic E-state index is -0.849. The van der Waals surface area contributed by atoms with Crippen LogP contribution in [0.15, 0.2) is 0 Å². The van der Waals surface area contributed by atoms with Gasteiger partial charge in [0.1, 0.15) is 6.04 Å². The van der Waals surface area contributed by atoms with Gasteiger partial charge in [0.2, 0.25) is 5.91 Å². The first-order valence-corrected chi connectivity index (χ1v) is 6.97. The predicted octanol–water partition coefficient (Wildman–Crippen LogP) is 2.52. The van der Waals surface area contributed by atoms with Crippen molar-refractivity contribution in [1.29, 1.82) is 0 Å². The van der Waals surface area contributed by atoms with Crippen LogP contribution in [0.5, 0.6) is 0 Å². The van der Waals surface area contributed by atoms with Gasteiger partial charge in [0.05, 0.1) is 0 Å². The quantitative estimate of drug-likeness (QED) is 0.821. The number of carbonyl (C=O) groups is 2. The molecule has 1 unspecified atom stereocenters. The summed E-state index contributed by atoms with van der Waals surface area (Å²) in [5.74, 6) is -0.164. The SMILES string of the molecule is CCCN(C(C)=O)C(C(=O)O)C1CCC(C)CC1. The largest absolute Gasteiger partial charge is 0.480 e. The molecule has 1 atom stereocenters. The van der Waals surface area contributed by atoms with Gasteiger partial charge in [-0.2, -0.15) is 0 Å². The van der Waals surface area contributed by atoms with Gasteiger partial charge in [-0.05, 0) is 31.1 Å². The molecule has 0 heterocycles. The van der Waals surface area contributed by atoms with Crippen molar-refractivity contribution >= 4 is 11.9 Å². The topological polar surface area (TPSA) is 57.6 Å². The lowest BCUT2D eigenvalue weighted by molar-refractivity contribution is -0.152. The van der Waals surface area contributed by atoms with Crippen LogP contribution in [-0.4, -0.2) is 34.5 Å². The number of carboxylic acids is 1. The first-order chi connectivity index (χ1) is 8.47. The Hall–Kier alpha value is -1.06. The van der Waals surface area contributed by atoms with Crippen LogP contribution in [0.2, 0.25) is 0 Å². The molecule has 0 bridgehead atoms. The highest BCUT2D eigenvalue weighted by molar-refractivity contribution is 5.82. The van der Waals surface area contributed by atoms with E-state index in [9.17, 15) is 14.7 Å². The molecule has 18 heavy (non-hydrogen) atoms. The second kappa shape index (κ2) is 6.76. The van der Waals surface area contributed by atoms with Gasteiger partial charge in [0.25, 0.3) is 0 Å². The van der Waals surface area contributed by atoms with E-state index in [0.717, 1.165) is 32.1 Å². The van der Waals surface area contributed by atoms with Gasteiger partial charge in [-0.3, -0.25) is 4.79 Å². The summed E-state index contributed by atoms with van der Waals surface area (Å²) >= 11 is 0. The molecule has 1 rings (SSSR count). The molecule has 4 heteroatoms. The van der Waals surface area contributed by atoms with Gasteiger partial charge in [0, 0.05) is 13.5 Å². The van der Waals surface area contributed by atoms with Gasteiger partial charge < -0.3 is 10.0 Å². The number of amides is 1. The van der Waals surface area contributed by atoms with E-state index >= 15 is 0 Å². The third-order valence-corrected chi connectivity index (χ3v) is 3.96. The molecule has 0 aromatic carbocycles. The molecule has 0 radical (unpaired) electrons. The first-order valence-electron chi connectivity index (χ1n) is 6.97. The van der Waals surface area contributed by atoms with E-state index in [0.29, 0.717) is 12.5 Å². The lowest BCUT2D eigenvalue weighted by Crippen LogP contribution is -2.49. The van der Waals surface area contributed by atoms with Crippen molar-refractivity contribution in [1.82, 2.24) is 4.90 Å². The van der Waals surface area contributed by atoms with Crippen LogP contribution in [0.4, 0.5) is 0 Å². The molecule has 1 saturated carbocycles. The zero-order valence-corrected chi connectivity index (χ0v) is 11.7. The Kier molecular flexibility index (Phi) is 5.63. The van der Waals surface area contributed by atoms with E-state index in [1.54, 1.807) is 4.90 Å². The maximum Gasteiger partial charge on any atom is 0.326 e. The van der Waals surface area contributed by atoms with Crippen molar-refractivity contribution in [3.8, 4) is 0 Å². The average Bonchev–Trinajstić information content (AvgIpc) is 2.30. The molecule has 4 nitrogen and oxygen atoms in total. The molecule has 1 aliphatic carbocycles. The second-order valence-electron chi connectivity index (χ2n) is 5.52. The molecule has 0 saturated heterocycles. The molecule has 1 fully saturated rings. The highest BCUT2D eigenvalue weighted by Crippen LogP contribution is 2.32. The number of aliphatic carboxylic acids is 1. The van der Waals surface area contributed by atoms with Crippen LogP contribution in [-0.2, 0) is 9.59 Å². The lowest BCUT2D eigenvalue weighted by Gasteiger charge is -2.36. The molecule has 0 aliphatic heterocycles. The number of nitrogens with zero attached hydrogens (tertiary/aromatic N) is 1. The number of hydrogen-bond acceptors (Lipinski definition) is 2. The van der Waals surface area contributed by atoms with Crippen molar-refractivity contribution in [3.05, 3.63) is 0 Å². The highest BCUT2D eigenvalue weighted by Gasteiger charge is 2.36. The van der Waals surface area contributed by atoms with Crippen LogP contribution < -0.4 is 0 Å². The van der Waals surface area contributed by atoms with Crippen molar-refractivity contribution in [2.24, 2.45) is 11.8 Å². The molecule has 0 aromatic heterocycles. The van der Waals surface area contributed by atoms with Crippen molar-refractivity contribution in [2.45, 2.75) is 58.9 Å². The predicted molar refractivity (Wildman–Crippen MR) is 70.2 cm³/mol. The number of hydrogen-bond donors (Lipinski definition) is 1. The Morgan fingerprint density at radius 3 is 2.22 bits per heavy atom. The smallest absolute Gasteiger partial charge is 0.326 e. The number of rotatable bonds is 5. The van der Waals surface area contributed by atoms with Crippen LogP contribution in [0, 0.1) is 11.8 Å². The van der Waals surface area contributed by atoms with Gasteiger partial charge >= 0.3 is 5.97 Å². The molecule has 104 valence electrons. The summed E-state index contributed by atoms with van der Waals surface area (Å²) in [5, 5.41) is 9.44. The number of carbonyl (C=O) groups excluding carboxylic acids is 1. The Labute approximate surface area is 109 Å². The lowest BCUT2D eigenvalue weighted by atomic mass is 9.78. The Bertz CT molecular complexity index is 295. The van der Waals surface area contributed by atoms with Gasteiger partial charge in [-0.1, -0.05) is 26.7 Å². The third-order valence-electron chi connectivity index (χ3n) is 3.96. The monoisotopic (exact) mass is 255 g/mol. The highest BCUT2D eigenvalue weighted by atomic mass is 16.4. The summed E-state index contributed by atoms with van der Waals surface area (Å²) < 4.78 is 0. The Morgan fingerprint density at radius 2 is 1.83 bits per heavy atom. The fourth-order valence-electron chi connectivity index (χ4n) is 2.92. The van der Waals surface area contributed by atoms with E-state index in [-0.39, 0.29) is 11.8 Å². The molecule has 1 amide bonds.